The van der Waals surface area contributed by atoms with Crippen molar-refractivity contribution >= 4 is 5.97 Å². The van der Waals surface area contributed by atoms with E-state index in [2.05, 4.69) is 0 Å². The van der Waals surface area contributed by atoms with Crippen LogP contribution in [-0.2, 0) is 10.2 Å². The third-order valence-electron chi connectivity index (χ3n) is 3.04. The van der Waals surface area contributed by atoms with Crippen LogP contribution in [0.25, 0.3) is 0 Å². The van der Waals surface area contributed by atoms with Gasteiger partial charge in [0.15, 0.2) is 0 Å². The van der Waals surface area contributed by atoms with E-state index in [0.29, 0.717) is 6.42 Å². The summed E-state index contributed by atoms with van der Waals surface area (Å²) in [5.41, 5.74) is 0.616. The number of hydrogen-bond donors (Lipinski definition) is 1. The molecule has 74 valence electrons. The summed E-state index contributed by atoms with van der Waals surface area (Å²) in [5, 5.41) is 8.83. The van der Waals surface area contributed by atoms with Gasteiger partial charge in [0.2, 0.25) is 0 Å². The zero-order valence-electron chi connectivity index (χ0n) is 7.83. The van der Waals surface area contributed by atoms with E-state index in [1.807, 2.05) is 6.92 Å². The Morgan fingerprint density at radius 1 is 1.50 bits per heavy atom. The molecule has 0 amide bonds. The zero-order chi connectivity index (χ0) is 10.3. The third-order valence-corrected chi connectivity index (χ3v) is 3.04. The van der Waals surface area contributed by atoms with E-state index in [9.17, 15) is 9.18 Å². The van der Waals surface area contributed by atoms with Gasteiger partial charge in [-0.25, -0.2) is 4.39 Å². The summed E-state index contributed by atoms with van der Waals surface area (Å²) in [4.78, 5) is 10.7. The smallest absolute Gasteiger partial charge is 0.307 e. The molecule has 2 rings (SSSR count). The molecular formula is C11H11FO2. The van der Waals surface area contributed by atoms with Crippen LogP contribution in [0, 0.1) is 11.7 Å². The lowest BCUT2D eigenvalue weighted by Gasteiger charge is -2.09. The molecule has 14 heavy (non-hydrogen) atoms. The number of carbonyl (C=O) groups is 1. The van der Waals surface area contributed by atoms with E-state index in [1.54, 1.807) is 12.1 Å². The van der Waals surface area contributed by atoms with Crippen molar-refractivity contribution in [2.75, 3.05) is 0 Å². The molecule has 1 fully saturated rings. The van der Waals surface area contributed by atoms with Gasteiger partial charge in [-0.2, -0.15) is 0 Å². The van der Waals surface area contributed by atoms with Crippen molar-refractivity contribution in [2.24, 2.45) is 5.92 Å². The molecule has 1 aromatic rings. The van der Waals surface area contributed by atoms with E-state index in [-0.39, 0.29) is 17.2 Å². The Balaban J connectivity index is 2.25. The van der Waals surface area contributed by atoms with Gasteiger partial charge in [-0.05, 0) is 24.1 Å². The van der Waals surface area contributed by atoms with E-state index >= 15 is 0 Å². The largest absolute Gasteiger partial charge is 0.481 e. The van der Waals surface area contributed by atoms with E-state index in [1.165, 1.54) is 12.1 Å². The molecule has 1 aromatic carbocycles. The summed E-state index contributed by atoms with van der Waals surface area (Å²) < 4.78 is 12.6. The van der Waals surface area contributed by atoms with Crippen LogP contribution in [0.3, 0.4) is 0 Å². The summed E-state index contributed by atoms with van der Waals surface area (Å²) in [6, 6.07) is 6.08. The highest BCUT2D eigenvalue weighted by atomic mass is 19.1. The van der Waals surface area contributed by atoms with Gasteiger partial charge in [0.25, 0.3) is 0 Å². The van der Waals surface area contributed by atoms with Gasteiger partial charge in [0, 0.05) is 5.41 Å². The quantitative estimate of drug-likeness (QED) is 0.783. The van der Waals surface area contributed by atoms with Gasteiger partial charge < -0.3 is 5.11 Å². The Morgan fingerprint density at radius 2 is 2.07 bits per heavy atom. The maximum Gasteiger partial charge on any atom is 0.307 e. The van der Waals surface area contributed by atoms with Crippen molar-refractivity contribution < 1.29 is 14.3 Å². The summed E-state index contributed by atoms with van der Waals surface area (Å²) in [7, 11) is 0. The van der Waals surface area contributed by atoms with Crippen molar-refractivity contribution in [3.63, 3.8) is 0 Å². The van der Waals surface area contributed by atoms with Crippen molar-refractivity contribution in [3.05, 3.63) is 35.6 Å². The molecule has 0 aliphatic heterocycles. The second kappa shape index (κ2) is 2.80. The fourth-order valence-corrected chi connectivity index (χ4v) is 1.87. The molecule has 0 radical (unpaired) electrons. The number of hydrogen-bond acceptors (Lipinski definition) is 1. The number of carboxylic acid groups (broad SMARTS) is 1. The number of carboxylic acids is 1. The van der Waals surface area contributed by atoms with Crippen molar-refractivity contribution in [2.45, 2.75) is 18.8 Å². The molecule has 0 heterocycles. The van der Waals surface area contributed by atoms with Crippen LogP contribution in [0.1, 0.15) is 18.9 Å². The highest BCUT2D eigenvalue weighted by Crippen LogP contribution is 2.53. The first-order valence-electron chi connectivity index (χ1n) is 4.53. The number of rotatable bonds is 2. The fraction of sp³-hybridized carbons (Fsp3) is 0.364. The molecule has 0 spiro atoms. The van der Waals surface area contributed by atoms with Crippen LogP contribution < -0.4 is 0 Å². The molecular weight excluding hydrogens is 183 g/mol. The number of benzene rings is 1. The van der Waals surface area contributed by atoms with E-state index < -0.39 is 5.97 Å². The Hall–Kier alpha value is -1.38. The average Bonchev–Trinajstić information content (AvgIpc) is 2.80. The third kappa shape index (κ3) is 1.29. The van der Waals surface area contributed by atoms with Crippen LogP contribution >= 0.6 is 0 Å². The number of halogens is 1. The van der Waals surface area contributed by atoms with Gasteiger partial charge in [-0.15, -0.1) is 0 Å². The van der Waals surface area contributed by atoms with Gasteiger partial charge in [-0.1, -0.05) is 19.1 Å². The van der Waals surface area contributed by atoms with Crippen LogP contribution in [0.2, 0.25) is 0 Å². The average molecular weight is 194 g/mol. The molecule has 1 N–H and O–H groups in total. The molecule has 1 saturated carbocycles. The lowest BCUT2D eigenvalue weighted by atomic mass is 9.95. The maximum absolute atomic E-state index is 12.6. The molecule has 2 atom stereocenters. The minimum absolute atomic E-state index is 0.287. The highest BCUT2D eigenvalue weighted by Gasteiger charge is 2.55. The van der Waals surface area contributed by atoms with Crippen LogP contribution in [0.4, 0.5) is 4.39 Å². The van der Waals surface area contributed by atoms with Gasteiger partial charge in [-0.3, -0.25) is 4.79 Å². The first-order chi connectivity index (χ1) is 6.54. The first-order valence-corrected chi connectivity index (χ1v) is 4.53. The predicted octanol–water partition coefficient (Wildman–Crippen LogP) is 2.19. The van der Waals surface area contributed by atoms with Crippen LogP contribution in [0.15, 0.2) is 24.3 Å². The van der Waals surface area contributed by atoms with Crippen LogP contribution in [0.5, 0.6) is 0 Å². The van der Waals surface area contributed by atoms with Crippen molar-refractivity contribution in [3.8, 4) is 0 Å². The second-order valence-electron chi connectivity index (χ2n) is 4.02. The van der Waals surface area contributed by atoms with Crippen molar-refractivity contribution in [1.82, 2.24) is 0 Å². The number of aliphatic carboxylic acids is 1. The molecule has 1 aliphatic rings. The van der Waals surface area contributed by atoms with Gasteiger partial charge in [0.1, 0.15) is 5.82 Å². The second-order valence-corrected chi connectivity index (χ2v) is 4.02. The van der Waals surface area contributed by atoms with E-state index in [4.69, 9.17) is 5.11 Å². The molecule has 0 aromatic heterocycles. The van der Waals surface area contributed by atoms with Crippen LogP contribution in [-0.4, -0.2) is 11.1 Å². The normalized spacial score (nSPS) is 30.0. The lowest BCUT2D eigenvalue weighted by molar-refractivity contribution is -0.138. The highest BCUT2D eigenvalue weighted by molar-refractivity contribution is 5.77. The fourth-order valence-electron chi connectivity index (χ4n) is 1.87. The molecule has 2 unspecified atom stereocenters. The zero-order valence-corrected chi connectivity index (χ0v) is 7.83. The molecule has 0 saturated heterocycles. The molecule has 2 nitrogen and oxygen atoms in total. The van der Waals surface area contributed by atoms with Gasteiger partial charge in [0.05, 0.1) is 5.92 Å². The Kier molecular flexibility index (Phi) is 1.84. The Labute approximate surface area is 81.4 Å². The lowest BCUT2D eigenvalue weighted by Crippen LogP contribution is -2.10. The Morgan fingerprint density at radius 3 is 2.50 bits per heavy atom. The standard InChI is InChI=1S/C11H11FO2/c1-11(6-9(11)10(13)14)7-2-4-8(12)5-3-7/h2-5,9H,6H2,1H3,(H,13,14). The summed E-state index contributed by atoms with van der Waals surface area (Å²) in [5.74, 6) is -1.37. The van der Waals surface area contributed by atoms with Crippen molar-refractivity contribution in [1.29, 1.82) is 0 Å². The molecule has 1 aliphatic carbocycles. The molecule has 3 heteroatoms. The predicted molar refractivity (Wildman–Crippen MR) is 49.5 cm³/mol. The minimum Gasteiger partial charge on any atom is -0.481 e. The topological polar surface area (TPSA) is 37.3 Å². The minimum atomic E-state index is -0.767. The first kappa shape index (κ1) is 9.19. The SMILES string of the molecule is CC1(c2ccc(F)cc2)CC1C(=O)O. The van der Waals surface area contributed by atoms with E-state index in [0.717, 1.165) is 5.56 Å². The summed E-state index contributed by atoms with van der Waals surface area (Å²) in [6.45, 7) is 1.90. The maximum atomic E-state index is 12.6. The monoisotopic (exact) mass is 194 g/mol. The summed E-state index contributed by atoms with van der Waals surface area (Å²) >= 11 is 0. The summed E-state index contributed by atoms with van der Waals surface area (Å²) in [6.07, 6.45) is 0.647. The Bertz CT molecular complexity index is 371. The van der Waals surface area contributed by atoms with Gasteiger partial charge >= 0.3 is 5.97 Å². The molecule has 0 bridgehead atoms.